The van der Waals surface area contributed by atoms with Crippen LogP contribution in [0.4, 0.5) is 5.69 Å². The number of nitrogens with one attached hydrogen (secondary N) is 1. The van der Waals surface area contributed by atoms with Crippen molar-refractivity contribution in [1.82, 2.24) is 0 Å². The Kier molecular flexibility index (Phi) is 4.99. The third-order valence-corrected chi connectivity index (χ3v) is 3.52. The van der Waals surface area contributed by atoms with Gasteiger partial charge in [-0.25, -0.2) is 0 Å². The highest BCUT2D eigenvalue weighted by Crippen LogP contribution is 2.20. The number of carbonyl (C=O) groups excluding carboxylic acids is 1. The summed E-state index contributed by atoms with van der Waals surface area (Å²) in [7, 11) is 0. The van der Waals surface area contributed by atoms with Crippen molar-refractivity contribution in [3.8, 4) is 0 Å². The van der Waals surface area contributed by atoms with Crippen LogP contribution in [0.3, 0.4) is 0 Å². The normalized spacial score (nSPS) is 10.8. The number of carbonyl (C=O) groups is 1. The largest absolute Gasteiger partial charge is 0.322 e. The van der Waals surface area contributed by atoms with Gasteiger partial charge in [-0.05, 0) is 48.4 Å². The quantitative estimate of drug-likeness (QED) is 0.770. The highest BCUT2D eigenvalue weighted by molar-refractivity contribution is 9.10. The smallest absolute Gasteiger partial charge is 0.248 e. The average Bonchev–Trinajstić information content (AvgIpc) is 2.42. The minimum absolute atomic E-state index is 0.182. The maximum Gasteiger partial charge on any atom is 0.248 e. The Morgan fingerprint density at radius 2 is 1.90 bits per heavy atom. The van der Waals surface area contributed by atoms with E-state index in [1.165, 1.54) is 6.08 Å². The van der Waals surface area contributed by atoms with Gasteiger partial charge in [0.2, 0.25) is 5.91 Å². The summed E-state index contributed by atoms with van der Waals surface area (Å²) in [6.07, 6.45) is 3.27. The van der Waals surface area contributed by atoms with E-state index in [0.717, 1.165) is 21.3 Å². The molecule has 2 rings (SSSR count). The van der Waals surface area contributed by atoms with Crippen molar-refractivity contribution >= 4 is 45.2 Å². The molecule has 0 aromatic heterocycles. The minimum Gasteiger partial charge on any atom is -0.322 e. The van der Waals surface area contributed by atoms with Crippen molar-refractivity contribution in [2.24, 2.45) is 0 Å². The van der Waals surface area contributed by atoms with Crippen LogP contribution in [-0.2, 0) is 4.79 Å². The van der Waals surface area contributed by atoms with Gasteiger partial charge in [0.05, 0.1) is 0 Å². The van der Waals surface area contributed by atoms with E-state index in [-0.39, 0.29) is 5.91 Å². The fraction of sp³-hybridized carbons (Fsp3) is 0.0625. The topological polar surface area (TPSA) is 29.1 Å². The Hall–Kier alpha value is -1.58. The first-order valence-electron chi connectivity index (χ1n) is 6.05. The summed E-state index contributed by atoms with van der Waals surface area (Å²) in [5.41, 5.74) is 2.66. The lowest BCUT2D eigenvalue weighted by atomic mass is 10.2. The molecule has 0 atom stereocenters. The third-order valence-electron chi connectivity index (χ3n) is 2.75. The molecule has 0 saturated heterocycles. The zero-order valence-corrected chi connectivity index (χ0v) is 13.2. The molecule has 0 aliphatic heterocycles. The van der Waals surface area contributed by atoms with Gasteiger partial charge in [0.15, 0.2) is 0 Å². The molecule has 2 nitrogen and oxygen atoms in total. The number of halogens is 2. The van der Waals surface area contributed by atoms with Gasteiger partial charge < -0.3 is 5.32 Å². The van der Waals surface area contributed by atoms with Gasteiger partial charge in [-0.15, -0.1) is 0 Å². The molecule has 0 heterocycles. The Bertz CT molecular complexity index is 650. The molecule has 1 N–H and O–H groups in total. The first-order chi connectivity index (χ1) is 9.54. The second kappa shape index (κ2) is 6.73. The van der Waals surface area contributed by atoms with Crippen molar-refractivity contribution in [3.05, 3.63) is 69.2 Å². The van der Waals surface area contributed by atoms with E-state index >= 15 is 0 Å². The van der Waals surface area contributed by atoms with Gasteiger partial charge >= 0.3 is 0 Å². The molecule has 0 unspecified atom stereocenters. The van der Waals surface area contributed by atoms with Gasteiger partial charge in [0.1, 0.15) is 0 Å². The second-order valence-electron chi connectivity index (χ2n) is 4.33. The van der Waals surface area contributed by atoms with Crippen molar-refractivity contribution in [3.63, 3.8) is 0 Å². The van der Waals surface area contributed by atoms with Crippen molar-refractivity contribution in [2.75, 3.05) is 5.32 Å². The Morgan fingerprint density at radius 1 is 1.20 bits per heavy atom. The summed E-state index contributed by atoms with van der Waals surface area (Å²) in [5, 5.41) is 3.41. The molecule has 1 amide bonds. The van der Waals surface area contributed by atoms with E-state index in [4.69, 9.17) is 11.6 Å². The van der Waals surface area contributed by atoms with Crippen molar-refractivity contribution < 1.29 is 4.79 Å². The summed E-state index contributed by atoms with van der Waals surface area (Å²) < 4.78 is 1.01. The van der Waals surface area contributed by atoms with Gasteiger partial charge in [-0.1, -0.05) is 45.7 Å². The van der Waals surface area contributed by atoms with Crippen LogP contribution in [-0.4, -0.2) is 5.91 Å². The van der Waals surface area contributed by atoms with Gasteiger partial charge in [0.25, 0.3) is 0 Å². The van der Waals surface area contributed by atoms with E-state index in [9.17, 15) is 4.79 Å². The van der Waals surface area contributed by atoms with Crippen LogP contribution in [0.1, 0.15) is 11.1 Å². The number of aryl methyl sites for hydroxylation is 1. The van der Waals surface area contributed by atoms with E-state index < -0.39 is 0 Å². The molecule has 102 valence electrons. The zero-order chi connectivity index (χ0) is 14.5. The van der Waals surface area contributed by atoms with Gasteiger partial charge in [0, 0.05) is 21.3 Å². The van der Waals surface area contributed by atoms with Gasteiger partial charge in [-0.3, -0.25) is 4.79 Å². The number of hydrogen-bond acceptors (Lipinski definition) is 1. The minimum atomic E-state index is -0.182. The summed E-state index contributed by atoms with van der Waals surface area (Å²) in [5.74, 6) is -0.182. The maximum absolute atomic E-state index is 11.9. The Labute approximate surface area is 131 Å². The lowest BCUT2D eigenvalue weighted by Gasteiger charge is -2.06. The molecule has 0 saturated carbocycles. The molecule has 20 heavy (non-hydrogen) atoms. The number of hydrogen-bond donors (Lipinski definition) is 1. The molecule has 0 radical (unpaired) electrons. The number of anilines is 1. The Balaban J connectivity index is 2.05. The molecule has 0 fully saturated rings. The van der Waals surface area contributed by atoms with Crippen LogP contribution in [0, 0.1) is 6.92 Å². The fourth-order valence-electron chi connectivity index (χ4n) is 1.65. The second-order valence-corrected chi connectivity index (χ2v) is 5.69. The molecule has 2 aromatic carbocycles. The first-order valence-corrected chi connectivity index (χ1v) is 7.22. The van der Waals surface area contributed by atoms with E-state index in [1.807, 2.05) is 37.3 Å². The third kappa shape index (κ3) is 4.22. The molecule has 4 heteroatoms. The number of rotatable bonds is 3. The van der Waals surface area contributed by atoms with E-state index in [1.54, 1.807) is 18.2 Å². The van der Waals surface area contributed by atoms with E-state index in [2.05, 4.69) is 21.2 Å². The summed E-state index contributed by atoms with van der Waals surface area (Å²) in [4.78, 5) is 11.9. The standard InChI is InChI=1S/C16H13BrClNO/c1-11-2-8-14(18)10-15(11)19-16(20)9-5-12-3-6-13(17)7-4-12/h2-10H,1H3,(H,19,20)/b9-5+. The SMILES string of the molecule is Cc1ccc(Cl)cc1NC(=O)/C=C/c1ccc(Br)cc1. The zero-order valence-electron chi connectivity index (χ0n) is 10.9. The summed E-state index contributed by atoms with van der Waals surface area (Å²) in [6, 6.07) is 13.1. The van der Waals surface area contributed by atoms with Crippen molar-refractivity contribution in [2.45, 2.75) is 6.92 Å². The number of benzene rings is 2. The molecule has 0 aliphatic carbocycles. The molecule has 2 aromatic rings. The Morgan fingerprint density at radius 3 is 2.60 bits per heavy atom. The molecular weight excluding hydrogens is 338 g/mol. The van der Waals surface area contributed by atoms with Gasteiger partial charge in [-0.2, -0.15) is 0 Å². The van der Waals surface area contributed by atoms with Crippen LogP contribution in [0.5, 0.6) is 0 Å². The van der Waals surface area contributed by atoms with Crippen LogP contribution in [0.15, 0.2) is 53.0 Å². The van der Waals surface area contributed by atoms with Crippen LogP contribution >= 0.6 is 27.5 Å². The van der Waals surface area contributed by atoms with E-state index in [0.29, 0.717) is 5.02 Å². The fourth-order valence-corrected chi connectivity index (χ4v) is 2.09. The predicted molar refractivity (Wildman–Crippen MR) is 88.0 cm³/mol. The average molecular weight is 351 g/mol. The predicted octanol–water partition coefficient (Wildman–Crippen LogP) is 5.06. The highest BCUT2D eigenvalue weighted by atomic mass is 79.9. The monoisotopic (exact) mass is 349 g/mol. The van der Waals surface area contributed by atoms with Crippen molar-refractivity contribution in [1.29, 1.82) is 0 Å². The highest BCUT2D eigenvalue weighted by Gasteiger charge is 2.02. The first kappa shape index (κ1) is 14.8. The lowest BCUT2D eigenvalue weighted by Crippen LogP contribution is -2.08. The molecule has 0 spiro atoms. The van der Waals surface area contributed by atoms with Crippen LogP contribution in [0.2, 0.25) is 5.02 Å². The summed E-state index contributed by atoms with van der Waals surface area (Å²) in [6.45, 7) is 1.92. The lowest BCUT2D eigenvalue weighted by molar-refractivity contribution is -0.111. The maximum atomic E-state index is 11.9. The van der Waals surface area contributed by atoms with Crippen LogP contribution < -0.4 is 5.32 Å². The van der Waals surface area contributed by atoms with Crippen LogP contribution in [0.25, 0.3) is 6.08 Å². The molecule has 0 bridgehead atoms. The number of amides is 1. The molecule has 0 aliphatic rings. The molecular formula is C16H13BrClNO. The summed E-state index contributed by atoms with van der Waals surface area (Å²) >= 11 is 9.28.